The van der Waals surface area contributed by atoms with Crippen LogP contribution >= 0.6 is 11.3 Å². The van der Waals surface area contributed by atoms with E-state index >= 15 is 0 Å². The number of carbonyl (C=O) groups excluding carboxylic acids is 1. The molecule has 0 fully saturated rings. The first-order valence-corrected chi connectivity index (χ1v) is 9.22. The molecule has 2 aromatic rings. The van der Waals surface area contributed by atoms with E-state index in [0.29, 0.717) is 10.8 Å². The number of nitrogens with one attached hydrogen (secondary N) is 1. The maximum Gasteiger partial charge on any atom is 0.281 e. The summed E-state index contributed by atoms with van der Waals surface area (Å²) in [6.45, 7) is 2.19. The number of nitrogens with zero attached hydrogens (tertiary/aromatic N) is 2. The number of nitro groups is 1. The van der Waals surface area contributed by atoms with Crippen molar-refractivity contribution in [2.24, 2.45) is 11.0 Å². The second-order valence-electron chi connectivity index (χ2n) is 6.28. The summed E-state index contributed by atoms with van der Waals surface area (Å²) in [5.74, 6) is 0.215. The Kier molecular flexibility index (Phi) is 5.32. The van der Waals surface area contributed by atoms with E-state index in [4.69, 9.17) is 0 Å². The molecule has 1 aliphatic carbocycles. The predicted molar refractivity (Wildman–Crippen MR) is 99.9 cm³/mol. The number of rotatable bonds is 5. The summed E-state index contributed by atoms with van der Waals surface area (Å²) in [5, 5.41) is 24.3. The molecule has 0 radical (unpaired) electrons. The van der Waals surface area contributed by atoms with Crippen molar-refractivity contribution in [3.05, 3.63) is 55.3 Å². The summed E-state index contributed by atoms with van der Waals surface area (Å²) in [4.78, 5) is 24.4. The van der Waals surface area contributed by atoms with Gasteiger partial charge in [0, 0.05) is 22.6 Å². The molecule has 0 spiro atoms. The minimum atomic E-state index is -0.560. The summed E-state index contributed by atoms with van der Waals surface area (Å²) in [6, 6.07) is 5.54. The summed E-state index contributed by atoms with van der Waals surface area (Å²) in [6.07, 6.45) is 5.53. The Morgan fingerprint density at radius 2 is 2.31 bits per heavy atom. The number of hydrogen-bond acceptors (Lipinski definition) is 6. The van der Waals surface area contributed by atoms with E-state index in [0.717, 1.165) is 25.7 Å². The fraction of sp³-hybridized carbons (Fsp3) is 0.333. The van der Waals surface area contributed by atoms with E-state index < -0.39 is 4.92 Å². The summed E-state index contributed by atoms with van der Waals surface area (Å²) >= 11 is 1.49. The minimum Gasteiger partial charge on any atom is -0.507 e. The van der Waals surface area contributed by atoms with E-state index in [1.54, 1.807) is 0 Å². The van der Waals surface area contributed by atoms with Crippen LogP contribution < -0.4 is 5.43 Å². The van der Waals surface area contributed by atoms with Gasteiger partial charge in [-0.25, -0.2) is 5.43 Å². The molecule has 136 valence electrons. The van der Waals surface area contributed by atoms with Crippen molar-refractivity contribution in [3.63, 3.8) is 0 Å². The zero-order valence-electron chi connectivity index (χ0n) is 14.3. The number of thiophene rings is 1. The van der Waals surface area contributed by atoms with Gasteiger partial charge in [0.1, 0.15) is 5.75 Å². The standard InChI is InChI=1S/C18H19N3O4S/c1-2-11-3-6-16-12(7-11)9-17(26-16)18(23)20-19-10-13-8-14(21(24)25)4-5-15(13)22/h4-5,8-11,22H,2-3,6-7H2,1H3,(H,20,23)/b19-10+/t11-/m1/s1. The number of hydrazone groups is 1. The van der Waals surface area contributed by atoms with Gasteiger partial charge in [-0.3, -0.25) is 14.9 Å². The number of carbonyl (C=O) groups is 1. The highest BCUT2D eigenvalue weighted by Gasteiger charge is 2.21. The lowest BCUT2D eigenvalue weighted by Gasteiger charge is -2.19. The fourth-order valence-electron chi connectivity index (χ4n) is 3.03. The van der Waals surface area contributed by atoms with E-state index in [1.165, 1.54) is 46.2 Å². The molecule has 1 aromatic heterocycles. The second kappa shape index (κ2) is 7.65. The third-order valence-corrected chi connectivity index (χ3v) is 5.81. The molecule has 0 saturated heterocycles. The van der Waals surface area contributed by atoms with Gasteiger partial charge in [0.05, 0.1) is 16.0 Å². The zero-order chi connectivity index (χ0) is 18.7. The molecule has 1 aromatic carbocycles. The van der Waals surface area contributed by atoms with Crippen molar-refractivity contribution in [3.8, 4) is 5.75 Å². The van der Waals surface area contributed by atoms with Gasteiger partial charge in [0.15, 0.2) is 0 Å². The molecule has 1 aliphatic rings. The highest BCUT2D eigenvalue weighted by atomic mass is 32.1. The molecule has 1 atom stereocenters. The molecule has 0 unspecified atom stereocenters. The number of aryl methyl sites for hydroxylation is 1. The Bertz CT molecular complexity index is 875. The van der Waals surface area contributed by atoms with E-state index in [1.807, 2.05) is 6.07 Å². The Labute approximate surface area is 154 Å². The van der Waals surface area contributed by atoms with E-state index in [2.05, 4.69) is 17.5 Å². The first-order chi connectivity index (χ1) is 12.5. The average Bonchev–Trinajstić information content (AvgIpc) is 3.06. The van der Waals surface area contributed by atoms with Gasteiger partial charge < -0.3 is 5.11 Å². The topological polar surface area (TPSA) is 105 Å². The molecule has 2 N–H and O–H groups in total. The number of phenolic OH excluding ortho intramolecular Hbond substituents is 1. The molecule has 0 saturated carbocycles. The maximum atomic E-state index is 12.3. The fourth-order valence-corrected chi connectivity index (χ4v) is 4.13. The Morgan fingerprint density at radius 1 is 1.50 bits per heavy atom. The van der Waals surface area contributed by atoms with Crippen LogP contribution in [0, 0.1) is 16.0 Å². The van der Waals surface area contributed by atoms with Crippen molar-refractivity contribution >= 4 is 29.1 Å². The van der Waals surface area contributed by atoms with Crippen LogP contribution in [0.5, 0.6) is 5.75 Å². The van der Waals surface area contributed by atoms with Crippen LogP contribution in [-0.4, -0.2) is 22.2 Å². The normalized spacial score (nSPS) is 16.4. The molecule has 26 heavy (non-hydrogen) atoms. The summed E-state index contributed by atoms with van der Waals surface area (Å²) in [5.41, 5.74) is 3.67. The van der Waals surface area contributed by atoms with Crippen LogP contribution in [0.25, 0.3) is 0 Å². The van der Waals surface area contributed by atoms with Crippen molar-refractivity contribution in [1.29, 1.82) is 0 Å². The maximum absolute atomic E-state index is 12.3. The van der Waals surface area contributed by atoms with Crippen LogP contribution in [0.2, 0.25) is 0 Å². The van der Waals surface area contributed by atoms with Crippen LogP contribution in [0.15, 0.2) is 29.4 Å². The monoisotopic (exact) mass is 373 g/mol. The number of fused-ring (bicyclic) bond motifs is 1. The van der Waals surface area contributed by atoms with Crippen molar-refractivity contribution in [2.45, 2.75) is 32.6 Å². The van der Waals surface area contributed by atoms with Gasteiger partial charge in [0.2, 0.25) is 0 Å². The molecular weight excluding hydrogens is 354 g/mol. The predicted octanol–water partition coefficient (Wildman–Crippen LogP) is 3.64. The average molecular weight is 373 g/mol. The van der Waals surface area contributed by atoms with Gasteiger partial charge in [-0.2, -0.15) is 5.10 Å². The number of aromatic hydroxyl groups is 1. The van der Waals surface area contributed by atoms with Gasteiger partial charge in [-0.1, -0.05) is 13.3 Å². The van der Waals surface area contributed by atoms with Crippen LogP contribution in [-0.2, 0) is 12.8 Å². The van der Waals surface area contributed by atoms with Crippen LogP contribution in [0.4, 0.5) is 5.69 Å². The molecule has 1 heterocycles. The Morgan fingerprint density at radius 3 is 3.04 bits per heavy atom. The first-order valence-electron chi connectivity index (χ1n) is 8.40. The number of hydrogen-bond donors (Lipinski definition) is 2. The lowest BCUT2D eigenvalue weighted by molar-refractivity contribution is -0.384. The smallest absolute Gasteiger partial charge is 0.281 e. The Hall–Kier alpha value is -2.74. The van der Waals surface area contributed by atoms with Crippen molar-refractivity contribution in [2.75, 3.05) is 0 Å². The van der Waals surface area contributed by atoms with Crippen LogP contribution in [0.1, 0.15) is 45.4 Å². The highest BCUT2D eigenvalue weighted by Crippen LogP contribution is 2.33. The molecule has 8 heteroatoms. The SMILES string of the molecule is CC[C@@H]1CCc2sc(C(=O)N/N=C/c3cc([N+](=O)[O-])ccc3O)cc2C1. The molecule has 1 amide bonds. The molecule has 7 nitrogen and oxygen atoms in total. The minimum absolute atomic E-state index is 0.147. The summed E-state index contributed by atoms with van der Waals surface area (Å²) < 4.78 is 0. The number of benzene rings is 1. The number of non-ortho nitro benzene ring substituents is 1. The Balaban J connectivity index is 1.68. The lowest BCUT2D eigenvalue weighted by Crippen LogP contribution is -2.16. The summed E-state index contributed by atoms with van der Waals surface area (Å²) in [7, 11) is 0. The third kappa shape index (κ3) is 3.91. The van der Waals surface area contributed by atoms with E-state index in [9.17, 15) is 20.0 Å². The zero-order valence-corrected chi connectivity index (χ0v) is 15.1. The highest BCUT2D eigenvalue weighted by molar-refractivity contribution is 7.14. The molecule has 0 bridgehead atoms. The van der Waals surface area contributed by atoms with Crippen LogP contribution in [0.3, 0.4) is 0 Å². The van der Waals surface area contributed by atoms with E-state index in [-0.39, 0.29) is 22.9 Å². The second-order valence-corrected chi connectivity index (χ2v) is 7.41. The van der Waals surface area contributed by atoms with Gasteiger partial charge in [0.25, 0.3) is 11.6 Å². The van der Waals surface area contributed by atoms with Gasteiger partial charge >= 0.3 is 0 Å². The third-order valence-electron chi connectivity index (χ3n) is 4.58. The lowest BCUT2D eigenvalue weighted by atomic mass is 9.87. The number of phenols is 1. The van der Waals surface area contributed by atoms with Crippen molar-refractivity contribution in [1.82, 2.24) is 5.43 Å². The quantitative estimate of drug-likeness (QED) is 0.474. The number of amides is 1. The largest absolute Gasteiger partial charge is 0.507 e. The first kappa shape index (κ1) is 18.1. The number of nitro benzene ring substituents is 1. The van der Waals surface area contributed by atoms with Gasteiger partial charge in [-0.15, -0.1) is 11.3 Å². The molecule has 3 rings (SSSR count). The van der Waals surface area contributed by atoms with Gasteiger partial charge in [-0.05, 0) is 42.9 Å². The molecule has 0 aliphatic heterocycles. The molecular formula is C18H19N3O4S. The van der Waals surface area contributed by atoms with Crippen molar-refractivity contribution < 1.29 is 14.8 Å².